The molecule has 642 valence electrons. The Bertz CT molecular complexity index is 5020. The van der Waals surface area contributed by atoms with Crippen molar-refractivity contribution < 1.29 is 40.6 Å². The summed E-state index contributed by atoms with van der Waals surface area (Å²) in [6.45, 7) is 8.01. The van der Waals surface area contributed by atoms with Crippen molar-refractivity contribution in [3.63, 3.8) is 0 Å². The molecule has 3 unspecified atom stereocenters. The van der Waals surface area contributed by atoms with E-state index >= 15 is 0 Å². The Labute approximate surface area is 730 Å². The van der Waals surface area contributed by atoms with E-state index < -0.39 is 46.9 Å². The number of aryl methyl sites for hydroxylation is 3. The van der Waals surface area contributed by atoms with Crippen LogP contribution in [-0.4, -0.2) is 183 Å². The Morgan fingerprint density at radius 2 is 0.633 bits per heavy atom. The van der Waals surface area contributed by atoms with Crippen molar-refractivity contribution in [1.29, 1.82) is 0 Å². The molecule has 3 saturated heterocycles. The predicted molar refractivity (Wildman–Crippen MR) is 486 cm³/mol. The molecular weight excluding hydrogens is 1620 g/mol. The first-order chi connectivity index (χ1) is 57.7. The molecule has 6 aliphatic rings. The maximum Gasteiger partial charge on any atom is 0.244 e. The maximum absolute atomic E-state index is 13.5. The number of aliphatic hydroxyl groups is 3. The molecule has 3 heterocycles. The van der Waals surface area contributed by atoms with Gasteiger partial charge in [-0.05, 0) is 258 Å². The molecule has 21 heteroatoms. The Balaban J connectivity index is 0.000000156. The summed E-state index contributed by atoms with van der Waals surface area (Å²) in [5, 5.41) is 35.0. The van der Waals surface area contributed by atoms with Crippen molar-refractivity contribution in [1.82, 2.24) is 27.6 Å². The summed E-state index contributed by atoms with van der Waals surface area (Å²) < 4.78 is 85.7. The van der Waals surface area contributed by atoms with Crippen LogP contribution in [0, 0.1) is 17.8 Å². The molecule has 0 radical (unpaired) electrons. The highest BCUT2D eigenvalue weighted by Crippen LogP contribution is 2.48. The van der Waals surface area contributed by atoms with E-state index in [2.05, 4.69) is 160 Å². The molecule has 9 aromatic rings. The Kier molecular flexibility index (Phi) is 31.8. The average Bonchev–Trinajstić information content (AvgIpc) is 1.53. The highest BCUT2D eigenvalue weighted by molar-refractivity contribution is 7.89. The van der Waals surface area contributed by atoms with Crippen molar-refractivity contribution in [3.05, 3.63) is 303 Å². The zero-order valence-electron chi connectivity index (χ0n) is 70.0. The molecule has 0 amide bonds. The highest BCUT2D eigenvalue weighted by Gasteiger charge is 2.47. The third-order valence-corrected chi connectivity index (χ3v) is 34.1. The van der Waals surface area contributed by atoms with E-state index in [4.69, 9.17) is 34.8 Å². The summed E-state index contributed by atoms with van der Waals surface area (Å²) in [6.07, 6.45) is 18.0. The van der Waals surface area contributed by atoms with Crippen molar-refractivity contribution in [3.8, 4) is 0 Å². The van der Waals surface area contributed by atoms with Crippen LogP contribution >= 0.6 is 34.8 Å². The molecule has 3 aliphatic heterocycles. The van der Waals surface area contributed by atoms with Crippen LogP contribution in [0.2, 0.25) is 15.1 Å². The monoisotopic (exact) mass is 1740 g/mol. The summed E-state index contributed by atoms with van der Waals surface area (Å²) in [6, 6.07) is 82.4. The SMILES string of the molecule is CN(C1C[C@H](CN2CCC(O)(CCCc3ccccc3)CC2)[C@@H](c2ccccc2)C1)S(=O)(=O)c1ccc(Cl)cc1.CN(C1C[C@H](CN2CCC(O)(CCCc3ccccc3)CC2)[C@@H](c2ccccc2)C1)S(=O)(=O)c1cccc(Cl)c1.CN(C1C[C@H](CN2CCC(O)(CCCc3ccccc3)CC2)[C@@H](c2ccccc2)C1)S(=O)(=O)c1ccccc1Cl. The number of rotatable bonds is 30. The van der Waals surface area contributed by atoms with Gasteiger partial charge in [0.2, 0.25) is 30.1 Å². The van der Waals surface area contributed by atoms with Crippen LogP contribution in [0.25, 0.3) is 0 Å². The van der Waals surface area contributed by atoms with E-state index in [1.807, 2.05) is 36.4 Å². The second kappa shape index (κ2) is 41.9. The van der Waals surface area contributed by atoms with Crippen molar-refractivity contribution in [2.45, 2.75) is 202 Å². The molecular formula is C99H123Cl3N6O9S3. The minimum absolute atomic E-state index is 0.0735. The number of sulfonamides is 3. The minimum Gasteiger partial charge on any atom is -0.390 e. The Morgan fingerprint density at radius 3 is 0.958 bits per heavy atom. The van der Waals surface area contributed by atoms with E-state index in [0.29, 0.717) is 33.7 Å². The number of hydrogen-bond acceptors (Lipinski definition) is 12. The van der Waals surface area contributed by atoms with Gasteiger partial charge >= 0.3 is 0 Å². The van der Waals surface area contributed by atoms with Crippen LogP contribution in [0.1, 0.15) is 167 Å². The fourth-order valence-corrected chi connectivity index (χ4v) is 25.1. The molecule has 9 atom stereocenters. The second-order valence-corrected chi connectivity index (χ2v) is 42.4. The van der Waals surface area contributed by atoms with Gasteiger partial charge in [0, 0.05) is 108 Å². The normalized spacial score (nSPS) is 23.4. The average molecular weight is 1740 g/mol. The first kappa shape index (κ1) is 91.0. The van der Waals surface area contributed by atoms with Crippen LogP contribution in [0.3, 0.4) is 0 Å². The molecule has 0 bridgehead atoms. The van der Waals surface area contributed by atoms with Crippen LogP contribution in [0.15, 0.2) is 269 Å². The van der Waals surface area contributed by atoms with E-state index in [1.54, 1.807) is 101 Å². The zero-order valence-corrected chi connectivity index (χ0v) is 74.7. The topological polar surface area (TPSA) is 183 Å². The Hall–Kier alpha value is -6.66. The fraction of sp³-hybridized carbons (Fsp3) is 0.455. The molecule has 6 fully saturated rings. The number of hydrogen-bond donors (Lipinski definition) is 3. The molecule has 15 nitrogen and oxygen atoms in total. The summed E-state index contributed by atoms with van der Waals surface area (Å²) in [7, 11) is -5.85. The minimum atomic E-state index is -3.70. The van der Waals surface area contributed by atoms with E-state index in [-0.39, 0.29) is 49.7 Å². The summed E-state index contributed by atoms with van der Waals surface area (Å²) in [4.78, 5) is 8.15. The lowest BCUT2D eigenvalue weighted by molar-refractivity contribution is -0.0321. The summed E-state index contributed by atoms with van der Waals surface area (Å²) in [5.41, 5.74) is 6.04. The van der Waals surface area contributed by atoms with E-state index in [0.717, 1.165) is 194 Å². The number of piperidine rings is 3. The van der Waals surface area contributed by atoms with Gasteiger partial charge in [-0.15, -0.1) is 0 Å². The summed E-state index contributed by atoms with van der Waals surface area (Å²) in [5.74, 6) is 1.88. The Morgan fingerprint density at radius 1 is 0.333 bits per heavy atom. The van der Waals surface area contributed by atoms with Crippen molar-refractivity contribution in [2.75, 3.05) is 80.0 Å². The van der Waals surface area contributed by atoms with Gasteiger partial charge in [0.25, 0.3) is 0 Å². The quantitative estimate of drug-likeness (QED) is 0.0388. The molecule has 3 N–H and O–H groups in total. The van der Waals surface area contributed by atoms with Crippen molar-refractivity contribution >= 4 is 64.9 Å². The summed E-state index contributed by atoms with van der Waals surface area (Å²) >= 11 is 18.4. The maximum atomic E-state index is 13.5. The van der Waals surface area contributed by atoms with Crippen LogP contribution in [0.4, 0.5) is 0 Å². The third kappa shape index (κ3) is 24.1. The molecule has 0 aromatic heterocycles. The largest absolute Gasteiger partial charge is 0.390 e. The molecule has 3 aliphatic carbocycles. The van der Waals surface area contributed by atoms with Gasteiger partial charge in [-0.2, -0.15) is 12.9 Å². The molecule has 3 saturated carbocycles. The van der Waals surface area contributed by atoms with Gasteiger partial charge in [-0.1, -0.05) is 235 Å². The number of likely N-dealkylation sites (tertiary alicyclic amines) is 3. The first-order valence-corrected chi connectivity index (χ1v) is 49.0. The van der Waals surface area contributed by atoms with Gasteiger partial charge in [-0.25, -0.2) is 25.3 Å². The zero-order chi connectivity index (χ0) is 84.5. The van der Waals surface area contributed by atoms with Gasteiger partial charge < -0.3 is 30.0 Å². The number of nitrogens with zero attached hydrogens (tertiary/aromatic N) is 6. The fourth-order valence-electron chi connectivity index (χ4n) is 20.1. The highest BCUT2D eigenvalue weighted by atomic mass is 35.5. The van der Waals surface area contributed by atoms with Gasteiger partial charge in [0.1, 0.15) is 4.90 Å². The van der Waals surface area contributed by atoms with Gasteiger partial charge in [-0.3, -0.25) is 0 Å². The molecule has 0 spiro atoms. The van der Waals surface area contributed by atoms with Crippen molar-refractivity contribution in [2.24, 2.45) is 17.8 Å². The standard InChI is InChI=1S/3C33H41ClN2O3S/c1-35(40(38,39)31-16-8-15-29(34)23-31)30-22-28(32(24-30)27-13-6-3-7-14-27)25-36-20-18-33(37,19-21-36)17-9-12-26-10-4-2-5-11-26;1-35(40(38,39)32-17-9-8-16-31(32)34)29-23-28(30(24-29)27-14-6-3-7-15-27)25-36-21-19-33(37,20-22-36)18-10-13-26-11-4-2-5-12-26;1-35(40(38,39)31-16-14-29(34)15-17-31)30-23-28(32(24-30)27-12-6-3-7-13-27)25-36-21-19-33(37,20-22-36)18-8-11-26-9-4-2-5-10-26/h2-8,10-11,13-16,23,28,30,32,37H,9,12,17-22,24-25H2,1H3;2-9,11-12,14-17,28-30,37H,10,13,18-25H2,1H3;2-7,9-10,12-17,28,30,32,37H,8,11,18-25H2,1H3/t28-,30?,32-;28-,29?,30-;28-,30?,32-/m111/s1. The molecule has 9 aromatic carbocycles. The lowest BCUT2D eigenvalue weighted by Gasteiger charge is -2.40. The van der Waals surface area contributed by atoms with E-state index in [1.165, 1.54) is 39.4 Å². The first-order valence-electron chi connectivity index (χ1n) is 43.5. The number of halogens is 3. The van der Waals surface area contributed by atoms with Crippen LogP contribution < -0.4 is 0 Å². The molecule has 120 heavy (non-hydrogen) atoms. The lowest BCUT2D eigenvalue weighted by Crippen LogP contribution is -2.46. The smallest absolute Gasteiger partial charge is 0.244 e. The second-order valence-electron chi connectivity index (χ2n) is 35.2. The van der Waals surface area contributed by atoms with Gasteiger partial charge in [0.05, 0.1) is 31.6 Å². The molecule has 15 rings (SSSR count). The van der Waals surface area contributed by atoms with E-state index in [9.17, 15) is 40.6 Å². The van der Waals surface area contributed by atoms with Gasteiger partial charge in [0.15, 0.2) is 0 Å². The van der Waals surface area contributed by atoms with Crippen LogP contribution in [0.5, 0.6) is 0 Å². The number of benzene rings is 9. The van der Waals surface area contributed by atoms with Crippen LogP contribution in [-0.2, 0) is 49.3 Å². The third-order valence-electron chi connectivity index (χ3n) is 27.4. The lowest BCUT2D eigenvalue weighted by atomic mass is 9.84. The predicted octanol–water partition coefficient (Wildman–Crippen LogP) is 19.1.